The number of carbonyl (C=O) groups is 4. The van der Waals surface area contributed by atoms with E-state index in [1.54, 1.807) is 42.6 Å². The van der Waals surface area contributed by atoms with Crippen LogP contribution in [0.15, 0.2) is 78.0 Å². The molecule has 4 N–H and O–H groups in total. The van der Waals surface area contributed by atoms with E-state index in [9.17, 15) is 19.2 Å². The Balaban J connectivity index is 1.35. The molecule has 12 nitrogen and oxygen atoms in total. The quantitative estimate of drug-likeness (QED) is 0.215. The van der Waals surface area contributed by atoms with E-state index >= 15 is 0 Å². The summed E-state index contributed by atoms with van der Waals surface area (Å²) < 4.78 is 5.47. The van der Waals surface area contributed by atoms with Crippen molar-refractivity contribution in [1.29, 1.82) is 0 Å². The molecule has 14 heteroatoms. The van der Waals surface area contributed by atoms with Crippen molar-refractivity contribution in [3.8, 4) is 0 Å². The number of ether oxygens (including phenoxy) is 1. The second-order valence-corrected chi connectivity index (χ2v) is 13.6. The number of nitrogens with one attached hydrogen (secondary N) is 4. The van der Waals surface area contributed by atoms with Crippen LogP contribution in [0.3, 0.4) is 0 Å². The lowest BCUT2D eigenvalue weighted by Crippen LogP contribution is -2.53. The Labute approximate surface area is 287 Å². The lowest BCUT2D eigenvalue weighted by atomic mass is 9.95. The molecular weight excluding hydrogens is 651 g/mol. The molecule has 0 saturated heterocycles. The van der Waals surface area contributed by atoms with Crippen LogP contribution in [0, 0.1) is 0 Å². The Morgan fingerprint density at radius 2 is 1.67 bits per heavy atom. The SMILES string of the molecule is CN(Cc1cncs1)C(=O)NC1CCNC(=O)c2ccc(cc2)CC(NC(=O)OCc2cncs2)CCC(Cc2ccccc2)NC1=O. The maximum absolute atomic E-state index is 13.9. The first-order chi connectivity index (χ1) is 23.3. The fourth-order valence-corrected chi connectivity index (χ4v) is 6.53. The minimum atomic E-state index is -0.911. The van der Waals surface area contributed by atoms with Gasteiger partial charge in [0, 0.05) is 48.5 Å². The van der Waals surface area contributed by atoms with E-state index in [4.69, 9.17) is 4.74 Å². The zero-order valence-corrected chi connectivity index (χ0v) is 28.2. The van der Waals surface area contributed by atoms with E-state index in [1.165, 1.54) is 27.6 Å². The molecule has 5 amide bonds. The van der Waals surface area contributed by atoms with Gasteiger partial charge in [-0.25, -0.2) is 9.59 Å². The van der Waals surface area contributed by atoms with Gasteiger partial charge in [-0.1, -0.05) is 42.5 Å². The Bertz CT molecular complexity index is 1620. The molecule has 2 bridgehead atoms. The highest BCUT2D eigenvalue weighted by Gasteiger charge is 2.26. The molecule has 0 aliphatic carbocycles. The standard InChI is InChI=1S/C34H39N7O5S2/c1-41(19-28-17-35-21-47-28)33(44)40-30-13-14-37-31(42)25-9-7-24(8-10-25)16-27(39-34(45)46-20-29-18-36-22-48-29)12-11-26(38-32(30)43)15-23-5-3-2-4-6-23/h2-10,17-18,21-22,26-27,30H,11-16,19-20H2,1H3,(H,37,42)(H,38,43)(H,39,45)(H,40,44). The highest BCUT2D eigenvalue weighted by molar-refractivity contribution is 7.09. The molecule has 4 heterocycles. The maximum atomic E-state index is 13.9. The molecule has 48 heavy (non-hydrogen) atoms. The van der Waals surface area contributed by atoms with E-state index < -0.39 is 18.2 Å². The Morgan fingerprint density at radius 1 is 0.938 bits per heavy atom. The molecule has 3 atom stereocenters. The number of hydrogen-bond donors (Lipinski definition) is 4. The smallest absolute Gasteiger partial charge is 0.407 e. The molecule has 0 radical (unpaired) electrons. The van der Waals surface area contributed by atoms with Crippen molar-refractivity contribution in [3.05, 3.63) is 104 Å². The van der Waals surface area contributed by atoms with Crippen molar-refractivity contribution >= 4 is 46.6 Å². The number of rotatable bonds is 8. The fraction of sp³-hybridized carbons (Fsp3) is 0.353. The number of benzene rings is 2. The number of thiazole rings is 2. The summed E-state index contributed by atoms with van der Waals surface area (Å²) in [7, 11) is 1.65. The third-order valence-electron chi connectivity index (χ3n) is 7.94. The van der Waals surface area contributed by atoms with Crippen LogP contribution in [-0.4, -0.2) is 70.5 Å². The molecule has 2 aliphatic heterocycles. The minimum absolute atomic E-state index is 0.117. The Kier molecular flexibility index (Phi) is 12.5. The van der Waals surface area contributed by atoms with Crippen LogP contribution in [0.4, 0.5) is 9.59 Å². The van der Waals surface area contributed by atoms with Crippen molar-refractivity contribution in [1.82, 2.24) is 36.1 Å². The zero-order valence-electron chi connectivity index (χ0n) is 26.6. The first-order valence-electron chi connectivity index (χ1n) is 15.7. The van der Waals surface area contributed by atoms with Crippen LogP contribution in [0.2, 0.25) is 0 Å². The van der Waals surface area contributed by atoms with E-state index in [-0.39, 0.29) is 43.5 Å². The maximum Gasteiger partial charge on any atom is 0.407 e. The first-order valence-corrected chi connectivity index (χ1v) is 17.5. The largest absolute Gasteiger partial charge is 0.444 e. The molecule has 4 aromatic rings. The number of urea groups is 1. The normalized spacial score (nSPS) is 18.7. The van der Waals surface area contributed by atoms with Crippen LogP contribution in [0.1, 0.15) is 50.5 Å². The van der Waals surface area contributed by atoms with Crippen molar-refractivity contribution < 1.29 is 23.9 Å². The summed E-state index contributed by atoms with van der Waals surface area (Å²) in [5, 5.41) is 11.9. The van der Waals surface area contributed by atoms with Crippen LogP contribution in [-0.2, 0) is 35.5 Å². The van der Waals surface area contributed by atoms with Gasteiger partial charge in [0.25, 0.3) is 5.91 Å². The lowest BCUT2D eigenvalue weighted by molar-refractivity contribution is -0.123. The fourth-order valence-electron chi connectivity index (χ4n) is 5.37. The predicted molar refractivity (Wildman–Crippen MR) is 184 cm³/mol. The number of alkyl carbamates (subject to hydrolysis) is 1. The Morgan fingerprint density at radius 3 is 2.38 bits per heavy atom. The van der Waals surface area contributed by atoms with E-state index in [0.717, 1.165) is 20.9 Å². The molecule has 3 unspecified atom stereocenters. The van der Waals surface area contributed by atoms with Gasteiger partial charge in [-0.3, -0.25) is 19.6 Å². The third kappa shape index (κ3) is 10.6. The summed E-state index contributed by atoms with van der Waals surface area (Å²) in [6, 6.07) is 15.1. The number of nitrogens with zero attached hydrogens (tertiary/aromatic N) is 3. The topological polar surface area (TPSA) is 155 Å². The summed E-state index contributed by atoms with van der Waals surface area (Å²) in [6.07, 6.45) is 5.11. The van der Waals surface area contributed by atoms with E-state index in [2.05, 4.69) is 31.2 Å². The highest BCUT2D eigenvalue weighted by Crippen LogP contribution is 2.16. The van der Waals surface area contributed by atoms with Gasteiger partial charge in [-0.05, 0) is 55.4 Å². The predicted octanol–water partition coefficient (Wildman–Crippen LogP) is 4.29. The zero-order chi connectivity index (χ0) is 33.7. The molecule has 0 spiro atoms. The molecule has 2 aromatic heterocycles. The van der Waals surface area contributed by atoms with Gasteiger partial charge in [-0.15, -0.1) is 22.7 Å². The summed E-state index contributed by atoms with van der Waals surface area (Å²) >= 11 is 2.84. The third-order valence-corrected chi connectivity index (χ3v) is 9.46. The summed E-state index contributed by atoms with van der Waals surface area (Å²) in [5.41, 5.74) is 5.83. The van der Waals surface area contributed by atoms with Crippen LogP contribution < -0.4 is 21.3 Å². The molecular formula is C34H39N7O5S2. The summed E-state index contributed by atoms with van der Waals surface area (Å²) in [4.78, 5) is 64.2. The van der Waals surface area contributed by atoms with Gasteiger partial charge in [0.1, 0.15) is 12.6 Å². The van der Waals surface area contributed by atoms with Crippen LogP contribution in [0.5, 0.6) is 0 Å². The number of aromatic nitrogens is 2. The van der Waals surface area contributed by atoms with E-state index in [1.807, 2.05) is 42.5 Å². The molecule has 2 aromatic carbocycles. The van der Waals surface area contributed by atoms with Gasteiger partial charge in [0.15, 0.2) is 0 Å². The average Bonchev–Trinajstić information content (AvgIpc) is 3.81. The lowest BCUT2D eigenvalue weighted by Gasteiger charge is -2.27. The van der Waals surface area contributed by atoms with Gasteiger partial charge in [0.2, 0.25) is 5.91 Å². The van der Waals surface area contributed by atoms with E-state index in [0.29, 0.717) is 37.8 Å². The van der Waals surface area contributed by atoms with Crippen molar-refractivity contribution in [2.24, 2.45) is 0 Å². The monoisotopic (exact) mass is 689 g/mol. The molecule has 252 valence electrons. The molecule has 2 aliphatic rings. The van der Waals surface area contributed by atoms with Crippen molar-refractivity contribution in [2.75, 3.05) is 13.6 Å². The Hall–Kier alpha value is -4.82. The number of hydrogen-bond acceptors (Lipinski definition) is 9. The number of amides is 5. The highest BCUT2D eigenvalue weighted by atomic mass is 32.1. The second kappa shape index (κ2) is 17.4. The van der Waals surface area contributed by atoms with Gasteiger partial charge in [0.05, 0.1) is 22.4 Å². The van der Waals surface area contributed by atoms with Gasteiger partial charge >= 0.3 is 12.1 Å². The molecule has 6 rings (SSSR count). The van der Waals surface area contributed by atoms with Crippen LogP contribution in [0.25, 0.3) is 0 Å². The van der Waals surface area contributed by atoms with Gasteiger partial charge < -0.3 is 30.9 Å². The second-order valence-electron chi connectivity index (χ2n) is 11.6. The van der Waals surface area contributed by atoms with Crippen LogP contribution >= 0.6 is 22.7 Å². The molecule has 0 saturated carbocycles. The summed E-state index contributed by atoms with van der Waals surface area (Å²) in [6.45, 7) is 0.637. The summed E-state index contributed by atoms with van der Waals surface area (Å²) in [5.74, 6) is -0.640. The van der Waals surface area contributed by atoms with Crippen molar-refractivity contribution in [3.63, 3.8) is 0 Å². The minimum Gasteiger partial charge on any atom is -0.444 e. The number of fused-ring (bicyclic) bond motifs is 13. The number of carbonyl (C=O) groups excluding carboxylic acids is 4. The van der Waals surface area contributed by atoms with Gasteiger partial charge in [-0.2, -0.15) is 0 Å². The van der Waals surface area contributed by atoms with Crippen molar-refractivity contribution in [2.45, 2.75) is 63.4 Å². The average molecular weight is 690 g/mol. The first kappa shape index (κ1) is 34.5. The molecule has 0 fully saturated rings.